The van der Waals surface area contributed by atoms with Crippen molar-refractivity contribution in [3.63, 3.8) is 0 Å². The highest BCUT2D eigenvalue weighted by Gasteiger charge is 2.22. The van der Waals surface area contributed by atoms with Crippen molar-refractivity contribution in [3.8, 4) is 0 Å². The van der Waals surface area contributed by atoms with E-state index in [-0.39, 0.29) is 17.8 Å². The van der Waals surface area contributed by atoms with E-state index in [0.717, 1.165) is 30.1 Å². The van der Waals surface area contributed by atoms with Crippen LogP contribution in [0, 0.1) is 11.7 Å². The van der Waals surface area contributed by atoms with E-state index < -0.39 is 6.04 Å². The summed E-state index contributed by atoms with van der Waals surface area (Å²) in [5, 5.41) is 5.56. The number of rotatable bonds is 5. The topological polar surface area (TPSA) is 73.9 Å². The molecule has 0 aromatic heterocycles. The first-order valence-corrected chi connectivity index (χ1v) is 12.4. The third-order valence-electron chi connectivity index (χ3n) is 6.64. The molecule has 33 heavy (non-hydrogen) atoms. The van der Waals surface area contributed by atoms with Crippen molar-refractivity contribution in [1.29, 1.82) is 0 Å². The van der Waals surface area contributed by atoms with Crippen LogP contribution in [0.4, 0.5) is 14.9 Å². The zero-order chi connectivity index (χ0) is 23.6. The molecule has 1 aromatic carbocycles. The molecule has 4 rings (SSSR count). The number of nitrogens with zero attached hydrogens (tertiary/aromatic N) is 2. The first kappa shape index (κ1) is 25.3. The van der Waals surface area contributed by atoms with Crippen LogP contribution in [0.2, 0.25) is 0 Å². The van der Waals surface area contributed by atoms with E-state index in [1.165, 1.54) is 38.2 Å². The monoisotopic (exact) mass is 462 g/mol. The van der Waals surface area contributed by atoms with Crippen LogP contribution >= 0.6 is 0 Å². The lowest BCUT2D eigenvalue weighted by atomic mass is 9.91. The van der Waals surface area contributed by atoms with Gasteiger partial charge in [0, 0.05) is 38.4 Å². The van der Waals surface area contributed by atoms with Gasteiger partial charge >= 0.3 is 6.03 Å². The van der Waals surface area contributed by atoms with E-state index in [9.17, 15) is 14.0 Å². The molecule has 2 fully saturated rings. The molecule has 1 atom stereocenters. The first-order chi connectivity index (χ1) is 15.9. The smallest absolute Gasteiger partial charge is 0.318 e. The Balaban J connectivity index is 0.000000374. The maximum atomic E-state index is 13.3. The average molecular weight is 463 g/mol. The van der Waals surface area contributed by atoms with Gasteiger partial charge in [-0.25, -0.2) is 9.18 Å². The van der Waals surface area contributed by atoms with Gasteiger partial charge in [-0.15, -0.1) is 0 Å². The number of fused-ring (bicyclic) bond motifs is 1. The largest absolute Gasteiger partial charge is 0.378 e. The molecule has 3 aliphatic rings. The van der Waals surface area contributed by atoms with Gasteiger partial charge in [-0.05, 0) is 43.0 Å². The fourth-order valence-corrected chi connectivity index (χ4v) is 4.55. The number of ether oxygens (including phenoxy) is 1. The summed E-state index contributed by atoms with van der Waals surface area (Å²) in [7, 11) is 0. The second-order valence-electron chi connectivity index (χ2n) is 9.31. The number of benzene rings is 1. The summed E-state index contributed by atoms with van der Waals surface area (Å²) in [6.07, 6.45) is 8.25. The SMILES string of the molecule is CC1CCCCC1.C[C@H](NC(=O)N1CCOCC1)C(=O)NCCN1CCc2cc(F)ccc21. The maximum absolute atomic E-state index is 13.3. The summed E-state index contributed by atoms with van der Waals surface area (Å²) in [5.41, 5.74) is 2.02. The number of amides is 3. The van der Waals surface area contributed by atoms with E-state index in [4.69, 9.17) is 4.74 Å². The molecule has 1 saturated carbocycles. The minimum absolute atomic E-state index is 0.217. The second-order valence-corrected chi connectivity index (χ2v) is 9.31. The number of morpholine rings is 1. The quantitative estimate of drug-likeness (QED) is 0.704. The Kier molecular flexibility index (Phi) is 9.78. The standard InChI is InChI=1S/C18H25FN4O3.C7H14/c1-13(21-18(25)23-8-10-26-11-9-23)17(24)20-5-7-22-6-4-14-12-15(19)2-3-16(14)22;1-7-5-3-2-4-6-7/h2-3,12-13H,4-11H2,1H3,(H,20,24)(H,21,25);7H,2-6H2,1H3/t13-;/m0./s1. The molecule has 1 aromatic rings. The number of hydrogen-bond donors (Lipinski definition) is 2. The molecule has 8 heteroatoms. The summed E-state index contributed by atoms with van der Waals surface area (Å²) >= 11 is 0. The van der Waals surface area contributed by atoms with Crippen molar-refractivity contribution in [1.82, 2.24) is 15.5 Å². The van der Waals surface area contributed by atoms with Crippen LogP contribution in [0.15, 0.2) is 18.2 Å². The molecular formula is C25H39FN4O3. The van der Waals surface area contributed by atoms with Gasteiger partial charge in [0.15, 0.2) is 0 Å². The fourth-order valence-electron chi connectivity index (χ4n) is 4.55. The van der Waals surface area contributed by atoms with Gasteiger partial charge in [0.25, 0.3) is 0 Å². The van der Waals surface area contributed by atoms with Crippen molar-refractivity contribution in [2.45, 2.75) is 58.4 Å². The lowest BCUT2D eigenvalue weighted by molar-refractivity contribution is -0.122. The van der Waals surface area contributed by atoms with E-state index >= 15 is 0 Å². The van der Waals surface area contributed by atoms with Gasteiger partial charge in [0.05, 0.1) is 13.2 Å². The summed E-state index contributed by atoms with van der Waals surface area (Å²) in [4.78, 5) is 28.1. The third kappa shape index (κ3) is 7.88. The van der Waals surface area contributed by atoms with Gasteiger partial charge < -0.3 is 25.2 Å². The summed E-state index contributed by atoms with van der Waals surface area (Å²) in [5.74, 6) is 0.600. The maximum Gasteiger partial charge on any atom is 0.318 e. The Labute approximate surface area is 197 Å². The number of halogens is 1. The first-order valence-electron chi connectivity index (χ1n) is 12.4. The lowest BCUT2D eigenvalue weighted by Crippen LogP contribution is -2.52. The number of hydrogen-bond acceptors (Lipinski definition) is 4. The molecule has 184 valence electrons. The van der Waals surface area contributed by atoms with Gasteiger partial charge in [-0.2, -0.15) is 0 Å². The zero-order valence-corrected chi connectivity index (χ0v) is 20.1. The van der Waals surface area contributed by atoms with Gasteiger partial charge in [-0.3, -0.25) is 4.79 Å². The predicted molar refractivity (Wildman–Crippen MR) is 128 cm³/mol. The highest BCUT2D eigenvalue weighted by molar-refractivity contribution is 5.86. The number of urea groups is 1. The molecule has 0 bridgehead atoms. The predicted octanol–water partition coefficient (Wildman–Crippen LogP) is 3.32. The molecule has 0 radical (unpaired) electrons. The number of anilines is 1. The molecule has 1 aliphatic carbocycles. The van der Waals surface area contributed by atoms with Crippen molar-refractivity contribution in [3.05, 3.63) is 29.6 Å². The van der Waals surface area contributed by atoms with Crippen LogP contribution in [0.5, 0.6) is 0 Å². The number of nitrogens with one attached hydrogen (secondary N) is 2. The molecule has 3 amide bonds. The van der Waals surface area contributed by atoms with Crippen molar-refractivity contribution in [2.24, 2.45) is 5.92 Å². The third-order valence-corrected chi connectivity index (χ3v) is 6.64. The van der Waals surface area contributed by atoms with E-state index in [1.54, 1.807) is 24.0 Å². The molecule has 1 saturated heterocycles. The Bertz CT molecular complexity index is 779. The van der Waals surface area contributed by atoms with E-state index in [2.05, 4.69) is 22.5 Å². The molecule has 2 N–H and O–H groups in total. The molecule has 2 heterocycles. The minimum atomic E-state index is -0.606. The minimum Gasteiger partial charge on any atom is -0.378 e. The van der Waals surface area contributed by atoms with Crippen LogP contribution in [-0.2, 0) is 16.0 Å². The Hall–Kier alpha value is -2.35. The van der Waals surface area contributed by atoms with Crippen molar-refractivity contribution < 1.29 is 18.7 Å². The summed E-state index contributed by atoms with van der Waals surface area (Å²) in [6, 6.07) is 3.96. The molecule has 7 nitrogen and oxygen atoms in total. The normalized spacial score (nSPS) is 19.2. The Morgan fingerprint density at radius 1 is 1.15 bits per heavy atom. The van der Waals surface area contributed by atoms with Crippen LogP contribution in [-0.4, -0.2) is 68.8 Å². The molecule has 0 unspecified atom stereocenters. The zero-order valence-electron chi connectivity index (χ0n) is 20.1. The van der Waals surface area contributed by atoms with E-state index in [0.29, 0.717) is 39.4 Å². The summed E-state index contributed by atoms with van der Waals surface area (Å²) < 4.78 is 18.5. The van der Waals surface area contributed by atoms with Crippen LogP contribution in [0.25, 0.3) is 0 Å². The highest BCUT2D eigenvalue weighted by Crippen LogP contribution is 2.27. The Morgan fingerprint density at radius 3 is 2.55 bits per heavy atom. The highest BCUT2D eigenvalue weighted by atomic mass is 19.1. The Morgan fingerprint density at radius 2 is 1.88 bits per heavy atom. The number of carbonyl (C=O) groups is 2. The van der Waals surface area contributed by atoms with Crippen molar-refractivity contribution >= 4 is 17.6 Å². The molecular weight excluding hydrogens is 423 g/mol. The van der Waals surface area contributed by atoms with Crippen LogP contribution in [0.3, 0.4) is 0 Å². The van der Waals surface area contributed by atoms with Crippen LogP contribution < -0.4 is 15.5 Å². The average Bonchev–Trinajstić information content (AvgIpc) is 3.22. The molecule has 0 spiro atoms. The summed E-state index contributed by atoms with van der Waals surface area (Å²) in [6.45, 7) is 8.08. The second kappa shape index (κ2) is 12.8. The van der Waals surface area contributed by atoms with E-state index in [1.807, 2.05) is 0 Å². The van der Waals surface area contributed by atoms with Crippen LogP contribution in [0.1, 0.15) is 51.5 Å². The molecule has 2 aliphatic heterocycles. The van der Waals surface area contributed by atoms with Gasteiger partial charge in [0.1, 0.15) is 11.9 Å². The van der Waals surface area contributed by atoms with Crippen molar-refractivity contribution in [2.75, 3.05) is 50.8 Å². The number of carbonyl (C=O) groups excluding carboxylic acids is 2. The van der Waals surface area contributed by atoms with Gasteiger partial charge in [0.2, 0.25) is 5.91 Å². The lowest BCUT2D eigenvalue weighted by Gasteiger charge is -2.28. The van der Waals surface area contributed by atoms with Gasteiger partial charge in [-0.1, -0.05) is 39.0 Å². The fraction of sp³-hybridized carbons (Fsp3) is 0.680.